The predicted octanol–water partition coefficient (Wildman–Crippen LogP) is 2.38. The van der Waals surface area contributed by atoms with Crippen LogP contribution in [0.15, 0.2) is 4.99 Å². The second-order valence-electron chi connectivity index (χ2n) is 7.77. The lowest BCUT2D eigenvalue weighted by molar-refractivity contribution is -0.0453. The zero-order valence-corrected chi connectivity index (χ0v) is 15.4. The van der Waals surface area contributed by atoms with Crippen LogP contribution in [-0.2, 0) is 4.74 Å². The summed E-state index contributed by atoms with van der Waals surface area (Å²) in [6.07, 6.45) is 12.8. The fourth-order valence-electron chi connectivity index (χ4n) is 4.50. The van der Waals surface area contributed by atoms with Crippen molar-refractivity contribution in [2.45, 2.75) is 69.9 Å². The van der Waals surface area contributed by atoms with Gasteiger partial charge in [0, 0.05) is 32.7 Å². The van der Waals surface area contributed by atoms with Crippen LogP contribution < -0.4 is 10.6 Å². The average Bonchev–Trinajstić information content (AvgIpc) is 3.28. The van der Waals surface area contributed by atoms with Crippen LogP contribution in [0.5, 0.6) is 0 Å². The highest BCUT2D eigenvalue weighted by atomic mass is 16.5. The van der Waals surface area contributed by atoms with Crippen molar-refractivity contribution in [2.75, 3.05) is 39.8 Å². The van der Waals surface area contributed by atoms with Crippen molar-refractivity contribution in [1.82, 2.24) is 15.5 Å². The van der Waals surface area contributed by atoms with Crippen molar-refractivity contribution >= 4 is 5.96 Å². The molecule has 2 unspecified atom stereocenters. The second kappa shape index (κ2) is 9.62. The molecule has 0 spiro atoms. The maximum absolute atomic E-state index is 6.00. The first-order valence-corrected chi connectivity index (χ1v) is 10.2. The largest absolute Gasteiger partial charge is 0.373 e. The third-order valence-electron chi connectivity index (χ3n) is 5.99. The molecular formula is C19H36N4O. The van der Waals surface area contributed by atoms with Crippen molar-refractivity contribution < 1.29 is 4.74 Å². The van der Waals surface area contributed by atoms with E-state index >= 15 is 0 Å². The van der Waals surface area contributed by atoms with E-state index in [4.69, 9.17) is 4.74 Å². The second-order valence-corrected chi connectivity index (χ2v) is 7.77. The first-order valence-electron chi connectivity index (χ1n) is 10.2. The van der Waals surface area contributed by atoms with Gasteiger partial charge in [-0.05, 0) is 31.7 Å². The Balaban J connectivity index is 1.25. The van der Waals surface area contributed by atoms with Gasteiger partial charge in [-0.2, -0.15) is 0 Å². The van der Waals surface area contributed by atoms with E-state index in [9.17, 15) is 0 Å². The van der Waals surface area contributed by atoms with Gasteiger partial charge in [0.15, 0.2) is 5.96 Å². The Bertz CT molecular complexity index is 395. The van der Waals surface area contributed by atoms with Gasteiger partial charge in [0.2, 0.25) is 0 Å². The normalized spacial score (nSPS) is 29.0. The van der Waals surface area contributed by atoms with E-state index < -0.39 is 0 Å². The van der Waals surface area contributed by atoms with Gasteiger partial charge in [-0.1, -0.05) is 38.5 Å². The van der Waals surface area contributed by atoms with Crippen LogP contribution in [0, 0.1) is 5.92 Å². The van der Waals surface area contributed by atoms with Crippen LogP contribution in [-0.4, -0.2) is 62.8 Å². The number of rotatable bonds is 7. The molecule has 2 heterocycles. The molecular weight excluding hydrogens is 300 g/mol. The summed E-state index contributed by atoms with van der Waals surface area (Å²) in [4.78, 5) is 6.93. The van der Waals surface area contributed by atoms with Gasteiger partial charge in [0.1, 0.15) is 0 Å². The van der Waals surface area contributed by atoms with E-state index in [1.165, 1.54) is 64.3 Å². The molecule has 24 heavy (non-hydrogen) atoms. The highest BCUT2D eigenvalue weighted by molar-refractivity contribution is 5.79. The van der Waals surface area contributed by atoms with Gasteiger partial charge in [-0.3, -0.25) is 9.89 Å². The molecule has 2 saturated heterocycles. The minimum absolute atomic E-state index is 0.292. The standard InChI is InChI=1S/C19H36N4O/c1-20-19(21-11-5-4-9-16-7-2-3-8-16)22-13-18-14-23-12-6-10-17(23)15-24-18/h16-18H,2-15H2,1H3,(H2,20,21,22). The van der Waals surface area contributed by atoms with Crippen LogP contribution in [0.2, 0.25) is 0 Å². The number of nitrogens with zero attached hydrogens (tertiary/aromatic N) is 2. The summed E-state index contributed by atoms with van der Waals surface area (Å²) in [5, 5.41) is 6.89. The molecule has 138 valence electrons. The highest BCUT2D eigenvalue weighted by Crippen LogP contribution is 2.28. The summed E-state index contributed by atoms with van der Waals surface area (Å²) < 4.78 is 6.00. The lowest BCUT2D eigenvalue weighted by Gasteiger charge is -2.35. The van der Waals surface area contributed by atoms with E-state index in [0.717, 1.165) is 38.1 Å². The molecule has 0 bridgehead atoms. The molecule has 3 rings (SSSR count). The van der Waals surface area contributed by atoms with Crippen LogP contribution in [0.4, 0.5) is 0 Å². The number of fused-ring (bicyclic) bond motifs is 1. The van der Waals surface area contributed by atoms with E-state index in [2.05, 4.69) is 20.5 Å². The number of hydrogen-bond acceptors (Lipinski definition) is 3. The number of morpholine rings is 1. The minimum atomic E-state index is 0.292. The molecule has 5 heteroatoms. The molecule has 3 fully saturated rings. The van der Waals surface area contributed by atoms with Crippen LogP contribution in [0.25, 0.3) is 0 Å². The molecule has 3 aliphatic rings. The Morgan fingerprint density at radius 3 is 2.83 bits per heavy atom. The predicted molar refractivity (Wildman–Crippen MR) is 99.5 cm³/mol. The zero-order chi connectivity index (χ0) is 16.6. The third-order valence-corrected chi connectivity index (χ3v) is 5.99. The molecule has 1 saturated carbocycles. The van der Waals surface area contributed by atoms with Gasteiger partial charge in [0.05, 0.1) is 12.7 Å². The highest BCUT2D eigenvalue weighted by Gasteiger charge is 2.32. The number of aliphatic imine (C=N–C) groups is 1. The first kappa shape index (κ1) is 18.0. The number of guanidine groups is 1. The maximum atomic E-state index is 6.00. The van der Waals surface area contributed by atoms with E-state index in [0.29, 0.717) is 12.1 Å². The molecule has 0 amide bonds. The summed E-state index contributed by atoms with van der Waals surface area (Å²) in [7, 11) is 1.85. The number of hydrogen-bond donors (Lipinski definition) is 2. The van der Waals surface area contributed by atoms with Crippen LogP contribution in [0.1, 0.15) is 57.8 Å². The molecule has 5 nitrogen and oxygen atoms in total. The van der Waals surface area contributed by atoms with E-state index in [1.807, 2.05) is 7.05 Å². The fourth-order valence-corrected chi connectivity index (χ4v) is 4.50. The topological polar surface area (TPSA) is 48.9 Å². The van der Waals surface area contributed by atoms with Crippen molar-refractivity contribution in [3.63, 3.8) is 0 Å². The smallest absolute Gasteiger partial charge is 0.191 e. The fraction of sp³-hybridized carbons (Fsp3) is 0.947. The molecule has 2 aliphatic heterocycles. The maximum Gasteiger partial charge on any atom is 0.191 e. The summed E-state index contributed by atoms with van der Waals surface area (Å²) in [6.45, 7) is 5.09. The third kappa shape index (κ3) is 5.35. The lowest BCUT2D eigenvalue weighted by Crippen LogP contribution is -2.51. The van der Waals surface area contributed by atoms with Crippen molar-refractivity contribution in [1.29, 1.82) is 0 Å². The molecule has 0 aromatic heterocycles. The number of nitrogens with one attached hydrogen (secondary N) is 2. The zero-order valence-electron chi connectivity index (χ0n) is 15.4. The quantitative estimate of drug-likeness (QED) is 0.426. The Kier molecular flexibility index (Phi) is 7.21. The molecule has 1 aliphatic carbocycles. The summed E-state index contributed by atoms with van der Waals surface area (Å²) in [5.41, 5.74) is 0. The summed E-state index contributed by atoms with van der Waals surface area (Å²) in [5.74, 6) is 1.93. The van der Waals surface area contributed by atoms with Gasteiger partial charge in [-0.25, -0.2) is 0 Å². The monoisotopic (exact) mass is 336 g/mol. The average molecular weight is 337 g/mol. The van der Waals surface area contributed by atoms with Crippen LogP contribution in [0.3, 0.4) is 0 Å². The Morgan fingerprint density at radius 1 is 1.12 bits per heavy atom. The molecule has 0 aromatic carbocycles. The molecule has 2 atom stereocenters. The SMILES string of the molecule is CN=C(NCCCCC1CCCC1)NCC1CN2CCCC2CO1. The van der Waals surface area contributed by atoms with Gasteiger partial charge >= 0.3 is 0 Å². The van der Waals surface area contributed by atoms with Gasteiger partial charge in [0.25, 0.3) is 0 Å². The Labute approximate surface area is 147 Å². The van der Waals surface area contributed by atoms with E-state index in [-0.39, 0.29) is 0 Å². The summed E-state index contributed by atoms with van der Waals surface area (Å²) in [6, 6.07) is 0.679. The summed E-state index contributed by atoms with van der Waals surface area (Å²) >= 11 is 0. The first-order chi connectivity index (χ1) is 11.8. The molecule has 2 N–H and O–H groups in total. The molecule has 0 aromatic rings. The molecule has 0 radical (unpaired) electrons. The minimum Gasteiger partial charge on any atom is -0.373 e. The van der Waals surface area contributed by atoms with Crippen molar-refractivity contribution in [2.24, 2.45) is 10.9 Å². The van der Waals surface area contributed by atoms with Gasteiger partial charge < -0.3 is 15.4 Å². The van der Waals surface area contributed by atoms with Gasteiger partial charge in [-0.15, -0.1) is 0 Å². The Morgan fingerprint density at radius 2 is 2.00 bits per heavy atom. The van der Waals surface area contributed by atoms with Crippen molar-refractivity contribution in [3.05, 3.63) is 0 Å². The van der Waals surface area contributed by atoms with Crippen LogP contribution >= 0.6 is 0 Å². The number of ether oxygens (including phenoxy) is 1. The Hall–Kier alpha value is -0.810. The van der Waals surface area contributed by atoms with E-state index in [1.54, 1.807) is 0 Å². The number of unbranched alkanes of at least 4 members (excludes halogenated alkanes) is 1. The van der Waals surface area contributed by atoms with Crippen molar-refractivity contribution in [3.8, 4) is 0 Å². The lowest BCUT2D eigenvalue weighted by atomic mass is 10.0.